The zero-order valence-corrected chi connectivity index (χ0v) is 23.1. The van der Waals surface area contributed by atoms with Crippen molar-refractivity contribution in [2.24, 2.45) is 5.92 Å². The SMILES string of the molecule is C.COc1cc(C(=O)NC2CCN(C)CC2)ccc1Nc1ncc(C(F)(F)F)c(C[C@@H]2CCCC[C@H]2NC(C)=O)n1. The topological polar surface area (TPSA) is 108 Å². The van der Waals surface area contributed by atoms with E-state index < -0.39 is 11.7 Å². The Labute approximate surface area is 239 Å². The van der Waals surface area contributed by atoms with E-state index in [4.69, 9.17) is 4.74 Å². The maximum Gasteiger partial charge on any atom is 0.419 e. The zero-order chi connectivity index (χ0) is 28.9. The van der Waals surface area contributed by atoms with Gasteiger partial charge in [-0.15, -0.1) is 0 Å². The highest BCUT2D eigenvalue weighted by Gasteiger charge is 2.37. The zero-order valence-electron chi connectivity index (χ0n) is 23.1. The van der Waals surface area contributed by atoms with Gasteiger partial charge in [-0.05, 0) is 76.4 Å². The summed E-state index contributed by atoms with van der Waals surface area (Å²) < 4.78 is 47.1. The predicted molar refractivity (Wildman–Crippen MR) is 151 cm³/mol. The Morgan fingerprint density at radius 1 is 1.10 bits per heavy atom. The molecule has 1 aromatic heterocycles. The maximum absolute atomic E-state index is 13.9. The molecule has 226 valence electrons. The van der Waals surface area contributed by atoms with Crippen molar-refractivity contribution in [3.8, 4) is 5.75 Å². The molecule has 0 unspecified atom stereocenters. The summed E-state index contributed by atoms with van der Waals surface area (Å²) in [6.07, 6.45) is 1.19. The van der Waals surface area contributed by atoms with E-state index in [0.29, 0.717) is 23.4 Å². The molecule has 2 aromatic rings. The molecule has 1 aliphatic heterocycles. The molecule has 0 bridgehead atoms. The molecule has 41 heavy (non-hydrogen) atoms. The Balaban J connectivity index is 0.00000462. The van der Waals surface area contributed by atoms with Crippen LogP contribution < -0.4 is 20.7 Å². The molecule has 0 spiro atoms. The highest BCUT2D eigenvalue weighted by Crippen LogP contribution is 2.36. The lowest BCUT2D eigenvalue weighted by Gasteiger charge is -2.32. The van der Waals surface area contributed by atoms with E-state index in [1.54, 1.807) is 18.2 Å². The number of carbonyl (C=O) groups is 2. The number of hydrogen-bond acceptors (Lipinski definition) is 7. The summed E-state index contributed by atoms with van der Waals surface area (Å²) in [5, 5.41) is 8.90. The lowest BCUT2D eigenvalue weighted by molar-refractivity contribution is -0.139. The summed E-state index contributed by atoms with van der Waals surface area (Å²) in [4.78, 5) is 34.9. The lowest BCUT2D eigenvalue weighted by Crippen LogP contribution is -2.43. The van der Waals surface area contributed by atoms with E-state index in [9.17, 15) is 22.8 Å². The van der Waals surface area contributed by atoms with E-state index in [-0.39, 0.29) is 55.3 Å². The molecule has 9 nitrogen and oxygen atoms in total. The maximum atomic E-state index is 13.9. The standard InChI is InChI=1S/C28H37F3N6O3.CH4/c1-17(38)33-22-7-5-4-6-18(22)14-24-21(28(29,30)31)16-32-27(36-24)35-23-9-8-19(15-25(23)40-3)26(39)34-20-10-12-37(2)13-11-20;/h8-9,15-16,18,20,22H,4-7,10-14H2,1-3H3,(H,33,38)(H,34,39)(H,32,35,36);1H4/t18-,22+;/m0./s1. The molecule has 3 N–H and O–H groups in total. The first-order valence-electron chi connectivity index (χ1n) is 13.7. The fraction of sp³-hybridized carbons (Fsp3) is 0.586. The quantitative estimate of drug-likeness (QED) is 0.407. The van der Waals surface area contributed by atoms with Gasteiger partial charge < -0.3 is 25.6 Å². The monoisotopic (exact) mass is 578 g/mol. The number of hydrogen-bond donors (Lipinski definition) is 3. The van der Waals surface area contributed by atoms with Crippen molar-refractivity contribution in [1.29, 1.82) is 0 Å². The normalized spacial score (nSPS) is 20.0. The third kappa shape index (κ3) is 8.54. The third-order valence-electron chi connectivity index (χ3n) is 7.69. The molecule has 1 saturated heterocycles. The van der Waals surface area contributed by atoms with Crippen LogP contribution in [0.25, 0.3) is 0 Å². The molecule has 12 heteroatoms. The smallest absolute Gasteiger partial charge is 0.419 e. The molecule has 2 atom stereocenters. The predicted octanol–water partition coefficient (Wildman–Crippen LogP) is 4.95. The van der Waals surface area contributed by atoms with Crippen LogP contribution in [0.2, 0.25) is 0 Å². The Hall–Kier alpha value is -3.41. The highest BCUT2D eigenvalue weighted by molar-refractivity contribution is 5.95. The van der Waals surface area contributed by atoms with Crippen LogP contribution in [-0.2, 0) is 17.4 Å². The fourth-order valence-electron chi connectivity index (χ4n) is 5.50. The Bertz CT molecular complexity index is 1200. The van der Waals surface area contributed by atoms with Gasteiger partial charge in [0.25, 0.3) is 5.91 Å². The Kier molecular flexibility index (Phi) is 10.9. The Morgan fingerprint density at radius 3 is 2.46 bits per heavy atom. The number of anilines is 2. The van der Waals surface area contributed by atoms with E-state index >= 15 is 0 Å². The van der Waals surface area contributed by atoms with Crippen molar-refractivity contribution < 1.29 is 27.5 Å². The summed E-state index contributed by atoms with van der Waals surface area (Å²) in [6, 6.07) is 4.72. The molecule has 0 radical (unpaired) electrons. The first-order chi connectivity index (χ1) is 19.0. The number of aromatic nitrogens is 2. The molecule has 1 aromatic carbocycles. The van der Waals surface area contributed by atoms with Crippen molar-refractivity contribution >= 4 is 23.5 Å². The van der Waals surface area contributed by atoms with Crippen LogP contribution in [0.5, 0.6) is 5.75 Å². The second-order valence-corrected chi connectivity index (χ2v) is 10.7. The van der Waals surface area contributed by atoms with Crippen molar-refractivity contribution in [3.63, 3.8) is 0 Å². The van der Waals surface area contributed by atoms with Crippen LogP contribution in [0.1, 0.15) is 74.5 Å². The Morgan fingerprint density at radius 2 is 1.80 bits per heavy atom. The van der Waals surface area contributed by atoms with Crippen molar-refractivity contribution in [1.82, 2.24) is 25.5 Å². The number of carbonyl (C=O) groups excluding carboxylic acids is 2. The van der Waals surface area contributed by atoms with Gasteiger partial charge >= 0.3 is 6.18 Å². The number of halogens is 3. The fourth-order valence-corrected chi connectivity index (χ4v) is 5.50. The molecule has 2 fully saturated rings. The second-order valence-electron chi connectivity index (χ2n) is 10.7. The molecule has 2 heterocycles. The van der Waals surface area contributed by atoms with Gasteiger partial charge in [-0.2, -0.15) is 13.2 Å². The molecule has 2 amide bonds. The number of amides is 2. The van der Waals surface area contributed by atoms with Gasteiger partial charge in [-0.25, -0.2) is 9.97 Å². The van der Waals surface area contributed by atoms with E-state index in [1.165, 1.54) is 14.0 Å². The molecule has 1 aliphatic carbocycles. The summed E-state index contributed by atoms with van der Waals surface area (Å²) in [5.74, 6) is -0.267. The molecular weight excluding hydrogens is 537 g/mol. The van der Waals surface area contributed by atoms with Gasteiger partial charge in [0.1, 0.15) is 5.75 Å². The van der Waals surface area contributed by atoms with Crippen LogP contribution in [0, 0.1) is 5.92 Å². The average Bonchev–Trinajstić information content (AvgIpc) is 2.90. The molecule has 2 aliphatic rings. The number of likely N-dealkylation sites (tertiary alicyclic amines) is 1. The second kappa shape index (κ2) is 14.0. The molecular formula is C29H41F3N6O3. The summed E-state index contributed by atoms with van der Waals surface area (Å²) in [7, 11) is 3.50. The van der Waals surface area contributed by atoms with Gasteiger partial charge in [0, 0.05) is 30.8 Å². The minimum atomic E-state index is -4.62. The largest absolute Gasteiger partial charge is 0.495 e. The molecule has 4 rings (SSSR count). The third-order valence-corrected chi connectivity index (χ3v) is 7.69. The summed E-state index contributed by atoms with van der Waals surface area (Å²) in [6.45, 7) is 3.25. The van der Waals surface area contributed by atoms with Crippen LogP contribution in [0.4, 0.5) is 24.8 Å². The number of ether oxygens (including phenoxy) is 1. The first kappa shape index (κ1) is 32.1. The number of piperidine rings is 1. The summed E-state index contributed by atoms with van der Waals surface area (Å²) >= 11 is 0. The number of nitrogens with one attached hydrogen (secondary N) is 3. The first-order valence-corrected chi connectivity index (χ1v) is 13.7. The van der Waals surface area contributed by atoms with Crippen LogP contribution in [-0.4, -0.2) is 66.0 Å². The number of rotatable bonds is 8. The van der Waals surface area contributed by atoms with E-state index in [2.05, 4.69) is 37.9 Å². The van der Waals surface area contributed by atoms with Gasteiger partial charge in [-0.3, -0.25) is 9.59 Å². The van der Waals surface area contributed by atoms with Crippen molar-refractivity contribution in [2.75, 3.05) is 32.6 Å². The minimum absolute atomic E-state index is 0. The van der Waals surface area contributed by atoms with Crippen LogP contribution in [0.3, 0.4) is 0 Å². The van der Waals surface area contributed by atoms with E-state index in [1.807, 2.05) is 0 Å². The van der Waals surface area contributed by atoms with Crippen LogP contribution in [0.15, 0.2) is 24.4 Å². The highest BCUT2D eigenvalue weighted by atomic mass is 19.4. The number of benzene rings is 1. The average molecular weight is 579 g/mol. The van der Waals surface area contributed by atoms with Gasteiger partial charge in [-0.1, -0.05) is 20.3 Å². The lowest BCUT2D eigenvalue weighted by atomic mass is 9.81. The number of methoxy groups -OCH3 is 1. The van der Waals surface area contributed by atoms with E-state index in [0.717, 1.165) is 51.4 Å². The summed E-state index contributed by atoms with van der Waals surface area (Å²) in [5.41, 5.74) is -0.187. The van der Waals surface area contributed by atoms with Crippen molar-refractivity contribution in [2.45, 2.75) is 77.6 Å². The van der Waals surface area contributed by atoms with Crippen LogP contribution >= 0.6 is 0 Å². The minimum Gasteiger partial charge on any atom is -0.495 e. The van der Waals surface area contributed by atoms with Gasteiger partial charge in [0.15, 0.2) is 0 Å². The number of nitrogens with zero attached hydrogens (tertiary/aromatic N) is 3. The van der Waals surface area contributed by atoms with Gasteiger partial charge in [0.05, 0.1) is 24.1 Å². The van der Waals surface area contributed by atoms with Gasteiger partial charge in [0.2, 0.25) is 11.9 Å². The molecule has 1 saturated carbocycles. The van der Waals surface area contributed by atoms with Crippen molar-refractivity contribution in [3.05, 3.63) is 41.2 Å². The number of alkyl halides is 3.